The molecule has 0 aromatic rings. The van der Waals surface area contributed by atoms with Crippen LogP contribution in [0.3, 0.4) is 0 Å². The van der Waals surface area contributed by atoms with E-state index in [1.54, 1.807) is 5.01 Å². The first-order valence-corrected chi connectivity index (χ1v) is 2.47. The van der Waals surface area contributed by atoms with Crippen LogP contribution in [0.1, 0.15) is 6.42 Å². The minimum atomic E-state index is 0.597. The molecule has 2 N–H and O–H groups in total. The summed E-state index contributed by atoms with van der Waals surface area (Å²) in [5.41, 5.74) is 0. The van der Waals surface area contributed by atoms with Crippen LogP contribution in [0, 0.1) is 0 Å². The van der Waals surface area contributed by atoms with E-state index in [2.05, 4.69) is 0 Å². The smallest absolute Gasteiger partial charge is 0.111 e. The molecule has 0 aromatic carbocycles. The van der Waals surface area contributed by atoms with Gasteiger partial charge in [0, 0.05) is 13.2 Å². The molecule has 0 bridgehead atoms. The lowest BCUT2D eigenvalue weighted by atomic mass is 10.4. The van der Waals surface area contributed by atoms with Gasteiger partial charge in [0.05, 0.1) is 0 Å². The zero-order valence-corrected chi connectivity index (χ0v) is 4.26. The minimum Gasteiger partial charge on any atom is -0.365 e. The average Bonchev–Trinajstić information content (AvgIpc) is 1.69. The van der Waals surface area contributed by atoms with Gasteiger partial charge in [-0.15, -0.1) is 0 Å². The Morgan fingerprint density at radius 1 is 1.57 bits per heavy atom. The van der Waals surface area contributed by atoms with Crippen LogP contribution < -0.4 is 5.84 Å². The lowest BCUT2D eigenvalue weighted by Gasteiger charge is -2.20. The van der Waals surface area contributed by atoms with Gasteiger partial charge in [-0.2, -0.15) is 0 Å². The summed E-state index contributed by atoms with van der Waals surface area (Å²) in [5, 5.41) is 1.67. The van der Waals surface area contributed by atoms with E-state index in [-0.39, 0.29) is 0 Å². The number of ether oxygens (including phenoxy) is 1. The highest BCUT2D eigenvalue weighted by atomic mass is 16.5. The van der Waals surface area contributed by atoms with Gasteiger partial charge >= 0.3 is 0 Å². The molecule has 0 radical (unpaired) electrons. The van der Waals surface area contributed by atoms with Crippen molar-refractivity contribution < 1.29 is 4.74 Å². The Hall–Kier alpha value is -0.120. The third-order valence-corrected chi connectivity index (χ3v) is 0.991. The Bertz CT molecular complexity index is 51.7. The molecule has 1 aliphatic rings. The van der Waals surface area contributed by atoms with Crippen LogP contribution in [-0.2, 0) is 4.74 Å². The second-order valence-electron chi connectivity index (χ2n) is 1.70. The van der Waals surface area contributed by atoms with E-state index in [1.165, 1.54) is 0 Å². The molecular formula is C4H10N2O. The Balaban J connectivity index is 2.12. The van der Waals surface area contributed by atoms with E-state index >= 15 is 0 Å². The third kappa shape index (κ3) is 1.43. The number of nitrogens with zero attached hydrogens (tertiary/aromatic N) is 1. The summed E-state index contributed by atoms with van der Waals surface area (Å²) in [6.45, 7) is 2.44. The molecule has 0 saturated carbocycles. The molecule has 1 fully saturated rings. The highest BCUT2D eigenvalue weighted by Crippen LogP contribution is 1.92. The SMILES string of the molecule is NN1CCCOC1. The number of nitrogens with two attached hydrogens (primary N) is 1. The first-order chi connectivity index (χ1) is 3.39. The van der Waals surface area contributed by atoms with E-state index < -0.39 is 0 Å². The van der Waals surface area contributed by atoms with Crippen LogP contribution in [0.2, 0.25) is 0 Å². The molecule has 3 heteroatoms. The third-order valence-electron chi connectivity index (χ3n) is 0.991. The zero-order chi connectivity index (χ0) is 5.11. The lowest BCUT2D eigenvalue weighted by Crippen LogP contribution is -2.38. The molecule has 7 heavy (non-hydrogen) atoms. The van der Waals surface area contributed by atoms with Gasteiger partial charge < -0.3 is 4.74 Å². The number of hydrogen-bond donors (Lipinski definition) is 1. The van der Waals surface area contributed by atoms with Crippen LogP contribution >= 0.6 is 0 Å². The molecule has 42 valence electrons. The summed E-state index contributed by atoms with van der Waals surface area (Å²) in [6.07, 6.45) is 1.07. The van der Waals surface area contributed by atoms with Crippen LogP contribution in [0.15, 0.2) is 0 Å². The topological polar surface area (TPSA) is 38.5 Å². The zero-order valence-electron chi connectivity index (χ0n) is 4.26. The van der Waals surface area contributed by atoms with E-state index in [0.29, 0.717) is 6.73 Å². The molecule has 1 aliphatic heterocycles. The van der Waals surface area contributed by atoms with Gasteiger partial charge in [-0.1, -0.05) is 0 Å². The van der Waals surface area contributed by atoms with Crippen molar-refractivity contribution in [3.05, 3.63) is 0 Å². The fraction of sp³-hybridized carbons (Fsp3) is 1.00. The predicted octanol–water partition coefficient (Wildman–Crippen LogP) is -0.460. The van der Waals surface area contributed by atoms with Gasteiger partial charge in [0.1, 0.15) is 6.73 Å². The number of rotatable bonds is 0. The Kier molecular flexibility index (Phi) is 1.62. The molecule has 1 heterocycles. The van der Waals surface area contributed by atoms with Crippen molar-refractivity contribution in [1.82, 2.24) is 5.01 Å². The normalized spacial score (nSPS) is 25.3. The van der Waals surface area contributed by atoms with Crippen LogP contribution in [-0.4, -0.2) is 24.9 Å². The Morgan fingerprint density at radius 3 is 2.71 bits per heavy atom. The first-order valence-electron chi connectivity index (χ1n) is 2.47. The summed E-state index contributed by atoms with van der Waals surface area (Å²) in [4.78, 5) is 0. The monoisotopic (exact) mass is 102 g/mol. The second-order valence-corrected chi connectivity index (χ2v) is 1.70. The molecule has 0 spiro atoms. The molecule has 1 rings (SSSR count). The summed E-state index contributed by atoms with van der Waals surface area (Å²) < 4.78 is 4.98. The molecule has 0 unspecified atom stereocenters. The van der Waals surface area contributed by atoms with E-state index in [0.717, 1.165) is 19.6 Å². The van der Waals surface area contributed by atoms with Crippen LogP contribution in [0.25, 0.3) is 0 Å². The summed E-state index contributed by atoms with van der Waals surface area (Å²) in [7, 11) is 0. The van der Waals surface area contributed by atoms with Crippen molar-refractivity contribution in [3.63, 3.8) is 0 Å². The van der Waals surface area contributed by atoms with Gasteiger partial charge in [0.25, 0.3) is 0 Å². The van der Waals surface area contributed by atoms with Crippen molar-refractivity contribution in [2.75, 3.05) is 19.9 Å². The summed E-state index contributed by atoms with van der Waals surface area (Å²) in [6, 6.07) is 0. The maximum Gasteiger partial charge on any atom is 0.111 e. The summed E-state index contributed by atoms with van der Waals surface area (Å²) >= 11 is 0. The molecule has 0 aliphatic carbocycles. The Labute approximate surface area is 43.0 Å². The van der Waals surface area contributed by atoms with E-state index in [4.69, 9.17) is 10.6 Å². The number of hydrazine groups is 1. The molecule has 0 atom stereocenters. The van der Waals surface area contributed by atoms with Gasteiger partial charge in [-0.3, -0.25) is 5.84 Å². The van der Waals surface area contributed by atoms with E-state index in [1.807, 2.05) is 0 Å². The predicted molar refractivity (Wildman–Crippen MR) is 26.3 cm³/mol. The number of hydrogen-bond acceptors (Lipinski definition) is 3. The molecule has 0 amide bonds. The molecule has 1 saturated heterocycles. The highest BCUT2D eigenvalue weighted by Gasteiger charge is 2.02. The average molecular weight is 102 g/mol. The van der Waals surface area contributed by atoms with E-state index in [9.17, 15) is 0 Å². The molecule has 3 nitrogen and oxygen atoms in total. The van der Waals surface area contributed by atoms with Crippen LogP contribution in [0.5, 0.6) is 0 Å². The fourth-order valence-corrected chi connectivity index (χ4v) is 0.616. The van der Waals surface area contributed by atoms with Gasteiger partial charge in [-0.05, 0) is 6.42 Å². The minimum absolute atomic E-state index is 0.597. The Morgan fingerprint density at radius 2 is 2.43 bits per heavy atom. The van der Waals surface area contributed by atoms with Crippen molar-refractivity contribution in [2.45, 2.75) is 6.42 Å². The van der Waals surface area contributed by atoms with Crippen molar-refractivity contribution in [2.24, 2.45) is 5.84 Å². The van der Waals surface area contributed by atoms with Crippen molar-refractivity contribution in [1.29, 1.82) is 0 Å². The van der Waals surface area contributed by atoms with Crippen LogP contribution in [0.4, 0.5) is 0 Å². The molecular weight excluding hydrogens is 92.1 g/mol. The highest BCUT2D eigenvalue weighted by molar-refractivity contribution is 4.47. The summed E-state index contributed by atoms with van der Waals surface area (Å²) in [5.74, 6) is 5.34. The lowest BCUT2D eigenvalue weighted by molar-refractivity contribution is -0.0138. The second kappa shape index (κ2) is 2.26. The van der Waals surface area contributed by atoms with Gasteiger partial charge in [-0.25, -0.2) is 5.01 Å². The van der Waals surface area contributed by atoms with Crippen molar-refractivity contribution in [3.8, 4) is 0 Å². The standard InChI is InChI=1S/C4H10N2O/c5-6-2-1-3-7-4-6/h1-5H2. The largest absolute Gasteiger partial charge is 0.365 e. The maximum atomic E-state index is 5.34. The van der Waals surface area contributed by atoms with Crippen molar-refractivity contribution >= 4 is 0 Å². The molecule has 0 aromatic heterocycles. The fourth-order valence-electron chi connectivity index (χ4n) is 0.616. The quantitative estimate of drug-likeness (QED) is 0.421. The first kappa shape index (κ1) is 5.03. The maximum absolute atomic E-state index is 5.34. The van der Waals surface area contributed by atoms with Gasteiger partial charge in [0.15, 0.2) is 0 Å². The van der Waals surface area contributed by atoms with Gasteiger partial charge in [0.2, 0.25) is 0 Å².